The number of morpholine rings is 1. The zero-order chi connectivity index (χ0) is 26.6. The quantitative estimate of drug-likeness (QED) is 0.407. The molecule has 4 rings (SSSR count). The average Bonchev–Trinajstić information content (AvgIpc) is 3.20. The first-order valence-corrected chi connectivity index (χ1v) is 14.1. The van der Waals surface area contributed by atoms with E-state index in [9.17, 15) is 21.6 Å². The van der Waals surface area contributed by atoms with E-state index in [-0.39, 0.29) is 22.3 Å². The van der Waals surface area contributed by atoms with Crippen LogP contribution in [0, 0.1) is 13.8 Å². The van der Waals surface area contributed by atoms with E-state index in [4.69, 9.17) is 14.0 Å². The minimum atomic E-state index is -3.91. The van der Waals surface area contributed by atoms with Crippen molar-refractivity contribution >= 4 is 37.5 Å². The van der Waals surface area contributed by atoms with E-state index < -0.39 is 26.0 Å². The second-order valence-electron chi connectivity index (χ2n) is 8.18. The van der Waals surface area contributed by atoms with Crippen LogP contribution in [0.15, 0.2) is 62.8 Å². The van der Waals surface area contributed by atoms with Crippen LogP contribution in [0.5, 0.6) is 5.75 Å². The lowest BCUT2D eigenvalue weighted by Crippen LogP contribution is -2.40. The monoisotopic (exact) mass is 550 g/mol. The summed E-state index contributed by atoms with van der Waals surface area (Å²) >= 11 is 0. The molecule has 1 saturated heterocycles. The van der Waals surface area contributed by atoms with Crippen molar-refractivity contribution in [2.24, 2.45) is 0 Å². The van der Waals surface area contributed by atoms with Gasteiger partial charge in [0, 0.05) is 24.3 Å². The third-order valence-corrected chi connectivity index (χ3v) is 8.89. The maximum atomic E-state index is 12.7. The molecule has 2 N–H and O–H groups in total. The first-order chi connectivity index (χ1) is 17.6. The molecule has 0 saturated carbocycles. The molecule has 3 aromatic rings. The van der Waals surface area contributed by atoms with Gasteiger partial charge in [-0.2, -0.15) is 4.31 Å². The van der Waals surface area contributed by atoms with Crippen LogP contribution in [0.3, 0.4) is 0 Å². The van der Waals surface area contributed by atoms with E-state index in [1.54, 1.807) is 13.8 Å². The van der Waals surface area contributed by atoms with Gasteiger partial charge in [0.1, 0.15) is 5.75 Å². The molecule has 1 amide bonds. The standard InChI is InChI=1S/C23H26N4O8S2/c1-16-17(2)25-35-23(16)26-36(29,30)20-7-3-18(4-8-20)24-22(28)15-34-19-5-9-21(10-6-19)37(31,32)27-11-13-33-14-12-27/h3-10,26H,11-15H2,1-2H3,(H,24,28). The maximum Gasteiger partial charge on any atom is 0.264 e. The topological polar surface area (TPSA) is 157 Å². The smallest absolute Gasteiger partial charge is 0.264 e. The van der Waals surface area contributed by atoms with E-state index in [1.165, 1.54) is 52.8 Å². The van der Waals surface area contributed by atoms with Gasteiger partial charge in [0.15, 0.2) is 6.61 Å². The summed E-state index contributed by atoms with van der Waals surface area (Å²) in [6.07, 6.45) is 0. The van der Waals surface area contributed by atoms with Crippen molar-refractivity contribution in [3.8, 4) is 5.75 Å². The second kappa shape index (κ2) is 10.9. The van der Waals surface area contributed by atoms with Gasteiger partial charge in [0.05, 0.1) is 28.7 Å². The van der Waals surface area contributed by atoms with Crippen LogP contribution in [-0.4, -0.2) is 65.1 Å². The maximum absolute atomic E-state index is 12.7. The zero-order valence-corrected chi connectivity index (χ0v) is 21.8. The summed E-state index contributed by atoms with van der Waals surface area (Å²) in [5.74, 6) is -0.119. The van der Waals surface area contributed by atoms with E-state index in [0.717, 1.165) is 0 Å². The summed E-state index contributed by atoms with van der Waals surface area (Å²) in [6.45, 7) is 4.35. The van der Waals surface area contributed by atoms with Crippen molar-refractivity contribution in [2.75, 3.05) is 42.9 Å². The highest BCUT2D eigenvalue weighted by Crippen LogP contribution is 2.23. The number of nitrogens with one attached hydrogen (secondary N) is 2. The largest absolute Gasteiger partial charge is 0.484 e. The van der Waals surface area contributed by atoms with Gasteiger partial charge in [0.25, 0.3) is 15.9 Å². The molecule has 1 aromatic heterocycles. The highest BCUT2D eigenvalue weighted by molar-refractivity contribution is 7.92. The van der Waals surface area contributed by atoms with Crippen molar-refractivity contribution in [3.63, 3.8) is 0 Å². The molecule has 14 heteroatoms. The summed E-state index contributed by atoms with van der Waals surface area (Å²) in [5, 5.41) is 6.33. The number of benzene rings is 2. The Morgan fingerprint density at radius 2 is 1.59 bits per heavy atom. The number of nitrogens with zero attached hydrogens (tertiary/aromatic N) is 2. The van der Waals surface area contributed by atoms with Crippen molar-refractivity contribution in [1.82, 2.24) is 9.46 Å². The Kier molecular flexibility index (Phi) is 7.82. The number of carbonyl (C=O) groups is 1. The van der Waals surface area contributed by atoms with E-state index >= 15 is 0 Å². The first kappa shape index (κ1) is 26.6. The Morgan fingerprint density at radius 1 is 0.973 bits per heavy atom. The summed E-state index contributed by atoms with van der Waals surface area (Å²) < 4.78 is 69.9. The Hall–Kier alpha value is -3.46. The Bertz CT molecular complexity index is 1460. The van der Waals surface area contributed by atoms with Gasteiger partial charge in [-0.05, 0) is 62.4 Å². The Balaban J connectivity index is 1.30. The van der Waals surface area contributed by atoms with Gasteiger partial charge in [-0.1, -0.05) is 5.16 Å². The van der Waals surface area contributed by atoms with Crippen LogP contribution in [0.2, 0.25) is 0 Å². The van der Waals surface area contributed by atoms with E-state index in [2.05, 4.69) is 15.2 Å². The lowest BCUT2D eigenvalue weighted by Gasteiger charge is -2.26. The summed E-state index contributed by atoms with van der Waals surface area (Å²) in [5.41, 5.74) is 1.53. The molecule has 0 unspecified atom stereocenters. The predicted molar refractivity (Wildman–Crippen MR) is 133 cm³/mol. The first-order valence-electron chi connectivity index (χ1n) is 11.2. The number of hydrogen-bond donors (Lipinski definition) is 2. The van der Waals surface area contributed by atoms with Gasteiger partial charge in [0.2, 0.25) is 15.9 Å². The number of sulfonamides is 2. The van der Waals surface area contributed by atoms with Crippen LogP contribution in [0.4, 0.5) is 11.6 Å². The van der Waals surface area contributed by atoms with Gasteiger partial charge < -0.3 is 19.3 Å². The fourth-order valence-electron chi connectivity index (χ4n) is 3.40. The normalized spacial score (nSPS) is 14.8. The zero-order valence-electron chi connectivity index (χ0n) is 20.1. The number of ether oxygens (including phenoxy) is 2. The molecule has 0 aliphatic carbocycles. The number of aryl methyl sites for hydroxylation is 1. The fraction of sp³-hybridized carbons (Fsp3) is 0.304. The highest BCUT2D eigenvalue weighted by Gasteiger charge is 2.26. The van der Waals surface area contributed by atoms with Crippen molar-refractivity contribution in [1.29, 1.82) is 0 Å². The molecule has 2 aromatic carbocycles. The number of hydrogen-bond acceptors (Lipinski definition) is 9. The van der Waals surface area contributed by atoms with Gasteiger partial charge in [-0.25, -0.2) is 21.6 Å². The minimum absolute atomic E-state index is 0.0256. The minimum Gasteiger partial charge on any atom is -0.484 e. The number of carbonyl (C=O) groups excluding carboxylic acids is 1. The van der Waals surface area contributed by atoms with Crippen LogP contribution < -0.4 is 14.8 Å². The molecule has 198 valence electrons. The lowest BCUT2D eigenvalue weighted by molar-refractivity contribution is -0.118. The van der Waals surface area contributed by atoms with Gasteiger partial charge in [-0.15, -0.1) is 0 Å². The number of aromatic nitrogens is 1. The van der Waals surface area contributed by atoms with Crippen LogP contribution in [-0.2, 0) is 29.6 Å². The number of amides is 1. The molecular formula is C23H26N4O8S2. The molecule has 0 bridgehead atoms. The molecule has 0 spiro atoms. The van der Waals surface area contributed by atoms with E-state index in [0.29, 0.717) is 49.0 Å². The SMILES string of the molecule is Cc1noc(NS(=O)(=O)c2ccc(NC(=O)COc3ccc(S(=O)(=O)N4CCOCC4)cc3)cc2)c1C. The third-order valence-electron chi connectivity index (χ3n) is 5.63. The molecule has 2 heterocycles. The predicted octanol–water partition coefficient (Wildman–Crippen LogP) is 2.13. The van der Waals surface area contributed by atoms with Gasteiger partial charge in [-0.3, -0.25) is 4.79 Å². The van der Waals surface area contributed by atoms with Crippen molar-refractivity contribution in [2.45, 2.75) is 23.6 Å². The number of anilines is 2. The summed E-state index contributed by atoms with van der Waals surface area (Å²) in [4.78, 5) is 12.4. The number of rotatable bonds is 9. The van der Waals surface area contributed by atoms with Crippen LogP contribution >= 0.6 is 0 Å². The molecule has 12 nitrogen and oxygen atoms in total. The van der Waals surface area contributed by atoms with Crippen molar-refractivity contribution < 1.29 is 35.6 Å². The Morgan fingerprint density at radius 3 is 2.19 bits per heavy atom. The molecule has 37 heavy (non-hydrogen) atoms. The molecule has 1 aliphatic rings. The fourth-order valence-corrected chi connectivity index (χ4v) is 5.85. The molecule has 0 atom stereocenters. The van der Waals surface area contributed by atoms with Crippen molar-refractivity contribution in [3.05, 3.63) is 59.8 Å². The lowest BCUT2D eigenvalue weighted by atomic mass is 10.3. The summed E-state index contributed by atoms with van der Waals surface area (Å²) in [7, 11) is -7.53. The van der Waals surface area contributed by atoms with Crippen LogP contribution in [0.1, 0.15) is 11.3 Å². The molecular weight excluding hydrogens is 524 g/mol. The van der Waals surface area contributed by atoms with Gasteiger partial charge >= 0.3 is 0 Å². The second-order valence-corrected chi connectivity index (χ2v) is 11.8. The third kappa shape index (κ3) is 6.28. The highest BCUT2D eigenvalue weighted by atomic mass is 32.2. The molecule has 1 fully saturated rings. The summed E-state index contributed by atoms with van der Waals surface area (Å²) in [6, 6.07) is 11.4. The Labute approximate surface area is 214 Å². The molecule has 1 aliphatic heterocycles. The average molecular weight is 551 g/mol. The van der Waals surface area contributed by atoms with Crippen LogP contribution in [0.25, 0.3) is 0 Å². The molecule has 0 radical (unpaired) electrons. The van der Waals surface area contributed by atoms with E-state index in [1.807, 2.05) is 0 Å².